The average Bonchev–Trinajstić information content (AvgIpc) is 3.44. The normalized spacial score (nSPS) is 14.5. The highest BCUT2D eigenvalue weighted by Gasteiger charge is 2.21. The first-order valence-electron chi connectivity index (χ1n) is 9.80. The van der Waals surface area contributed by atoms with Crippen molar-refractivity contribution in [2.24, 2.45) is 0 Å². The number of aryl methyl sites for hydroxylation is 1. The topological polar surface area (TPSA) is 98.7 Å². The molecule has 3 aromatic rings. The number of pyridine rings is 1. The highest BCUT2D eigenvalue weighted by atomic mass is 16.5. The Morgan fingerprint density at radius 3 is 2.82 bits per heavy atom. The van der Waals surface area contributed by atoms with Gasteiger partial charge >= 0.3 is 0 Å². The van der Waals surface area contributed by atoms with Gasteiger partial charge < -0.3 is 9.84 Å². The summed E-state index contributed by atoms with van der Waals surface area (Å²) in [5, 5.41) is 11.4. The summed E-state index contributed by atoms with van der Waals surface area (Å²) in [4.78, 5) is 21.4. The second-order valence-electron chi connectivity index (χ2n) is 7.18. The molecule has 0 aliphatic heterocycles. The van der Waals surface area contributed by atoms with Gasteiger partial charge in [-0.05, 0) is 38.3 Å². The van der Waals surface area contributed by atoms with E-state index in [2.05, 4.69) is 32.5 Å². The molecule has 1 N–H and O–H groups in total. The molecule has 8 nitrogen and oxygen atoms in total. The summed E-state index contributed by atoms with van der Waals surface area (Å²) in [5.74, 6) is 1.72. The summed E-state index contributed by atoms with van der Waals surface area (Å²) >= 11 is 0. The van der Waals surface area contributed by atoms with Gasteiger partial charge in [-0.15, -0.1) is 0 Å². The Hall–Kier alpha value is -3.03. The zero-order valence-electron chi connectivity index (χ0n) is 16.2. The number of carbonyl (C=O) groups excluding carboxylic acids is 1. The highest BCUT2D eigenvalue weighted by molar-refractivity contribution is 5.95. The lowest BCUT2D eigenvalue weighted by Gasteiger charge is -2.11. The van der Waals surface area contributed by atoms with E-state index in [1.807, 2.05) is 19.1 Å². The Kier molecular flexibility index (Phi) is 5.18. The maximum Gasteiger partial charge on any atom is 0.259 e. The van der Waals surface area contributed by atoms with E-state index in [1.54, 1.807) is 17.1 Å². The maximum absolute atomic E-state index is 12.5. The predicted molar refractivity (Wildman–Crippen MR) is 103 cm³/mol. The predicted octanol–water partition coefficient (Wildman–Crippen LogP) is 3.25. The van der Waals surface area contributed by atoms with Crippen molar-refractivity contribution in [1.82, 2.24) is 30.2 Å². The van der Waals surface area contributed by atoms with Crippen molar-refractivity contribution in [3.8, 4) is 17.3 Å². The molecule has 0 spiro atoms. The van der Waals surface area contributed by atoms with Crippen molar-refractivity contribution >= 4 is 5.91 Å². The molecular weight excluding hydrogens is 356 g/mol. The van der Waals surface area contributed by atoms with Crippen LogP contribution in [-0.4, -0.2) is 36.9 Å². The number of amides is 1. The van der Waals surface area contributed by atoms with Gasteiger partial charge in [0.15, 0.2) is 11.6 Å². The summed E-state index contributed by atoms with van der Waals surface area (Å²) in [5.41, 5.74) is 2.10. The molecule has 1 aliphatic rings. The lowest BCUT2D eigenvalue weighted by molar-refractivity contribution is 0.0937. The van der Waals surface area contributed by atoms with Crippen molar-refractivity contribution < 1.29 is 9.32 Å². The Morgan fingerprint density at radius 1 is 1.29 bits per heavy atom. The van der Waals surface area contributed by atoms with Crippen molar-refractivity contribution in [1.29, 1.82) is 0 Å². The van der Waals surface area contributed by atoms with Crippen LogP contribution in [-0.2, 0) is 6.42 Å². The van der Waals surface area contributed by atoms with Crippen LogP contribution in [0.5, 0.6) is 0 Å². The van der Waals surface area contributed by atoms with Gasteiger partial charge in [-0.2, -0.15) is 10.1 Å². The molecule has 0 radical (unpaired) electrons. The number of hydrogen-bond donors (Lipinski definition) is 1. The largest absolute Gasteiger partial charge is 0.349 e. The van der Waals surface area contributed by atoms with E-state index < -0.39 is 0 Å². The molecule has 0 bridgehead atoms. The summed E-state index contributed by atoms with van der Waals surface area (Å²) in [6.07, 6.45) is 9.49. The van der Waals surface area contributed by atoms with Crippen molar-refractivity contribution in [3.05, 3.63) is 41.6 Å². The van der Waals surface area contributed by atoms with Crippen molar-refractivity contribution in [3.63, 3.8) is 0 Å². The van der Waals surface area contributed by atoms with Gasteiger partial charge in [0, 0.05) is 18.7 Å². The van der Waals surface area contributed by atoms with Gasteiger partial charge in [0.1, 0.15) is 0 Å². The van der Waals surface area contributed by atoms with Crippen LogP contribution in [0.4, 0.5) is 0 Å². The van der Waals surface area contributed by atoms with Crippen LogP contribution in [0.2, 0.25) is 0 Å². The van der Waals surface area contributed by atoms with Crippen LogP contribution in [0.3, 0.4) is 0 Å². The van der Waals surface area contributed by atoms with E-state index in [0.29, 0.717) is 23.1 Å². The Bertz CT molecular complexity index is 953. The summed E-state index contributed by atoms with van der Waals surface area (Å²) in [7, 11) is 0. The number of aromatic nitrogens is 5. The lowest BCUT2D eigenvalue weighted by atomic mass is 10.2. The smallest absolute Gasteiger partial charge is 0.259 e. The van der Waals surface area contributed by atoms with E-state index in [0.717, 1.165) is 36.9 Å². The molecule has 0 unspecified atom stereocenters. The summed E-state index contributed by atoms with van der Waals surface area (Å²) in [6.45, 7) is 3.95. The Morgan fingerprint density at radius 2 is 2.11 bits per heavy atom. The molecule has 1 aliphatic carbocycles. The van der Waals surface area contributed by atoms with E-state index in [4.69, 9.17) is 4.52 Å². The van der Waals surface area contributed by atoms with Crippen LogP contribution in [0.25, 0.3) is 17.3 Å². The van der Waals surface area contributed by atoms with Crippen LogP contribution in [0, 0.1) is 6.92 Å². The first kappa shape index (κ1) is 18.3. The number of rotatable bonds is 6. The zero-order valence-corrected chi connectivity index (χ0v) is 16.2. The fourth-order valence-electron chi connectivity index (χ4n) is 3.53. The minimum atomic E-state index is -0.0680. The van der Waals surface area contributed by atoms with Gasteiger partial charge in [-0.3, -0.25) is 4.79 Å². The van der Waals surface area contributed by atoms with E-state index in [-0.39, 0.29) is 11.9 Å². The third kappa shape index (κ3) is 3.67. The van der Waals surface area contributed by atoms with Crippen LogP contribution in [0.1, 0.15) is 60.9 Å². The lowest BCUT2D eigenvalue weighted by Crippen LogP contribution is -2.32. The molecule has 0 atom stereocenters. The minimum Gasteiger partial charge on any atom is -0.349 e. The molecule has 4 rings (SSSR count). The molecule has 0 aromatic carbocycles. The van der Waals surface area contributed by atoms with Gasteiger partial charge in [-0.1, -0.05) is 24.9 Å². The molecule has 3 heterocycles. The van der Waals surface area contributed by atoms with E-state index >= 15 is 0 Å². The van der Waals surface area contributed by atoms with Crippen LogP contribution >= 0.6 is 0 Å². The van der Waals surface area contributed by atoms with Crippen molar-refractivity contribution in [2.45, 2.75) is 58.4 Å². The molecule has 0 saturated heterocycles. The molecule has 28 heavy (non-hydrogen) atoms. The van der Waals surface area contributed by atoms with Crippen LogP contribution < -0.4 is 5.32 Å². The monoisotopic (exact) mass is 380 g/mol. The summed E-state index contributed by atoms with van der Waals surface area (Å²) in [6, 6.07) is 3.97. The first-order chi connectivity index (χ1) is 13.7. The average molecular weight is 380 g/mol. The molecule has 8 heteroatoms. The quantitative estimate of drug-likeness (QED) is 0.705. The molecule has 3 aromatic heterocycles. The van der Waals surface area contributed by atoms with Gasteiger partial charge in [0.2, 0.25) is 0 Å². The number of carbonyl (C=O) groups is 1. The highest BCUT2D eigenvalue weighted by Crippen LogP contribution is 2.21. The standard InChI is InChI=1S/C20H24N6O2/c1-3-6-17-24-20(28-25-17)14-9-10-18(21-11-14)26-13(2)16(12-22-26)19(27)23-15-7-4-5-8-15/h9-12,15H,3-8H2,1-2H3,(H,23,27). The number of nitrogens with one attached hydrogen (secondary N) is 1. The fourth-order valence-corrected chi connectivity index (χ4v) is 3.53. The number of hydrogen-bond acceptors (Lipinski definition) is 6. The maximum atomic E-state index is 12.5. The van der Waals surface area contributed by atoms with Crippen LogP contribution in [0.15, 0.2) is 29.0 Å². The fraction of sp³-hybridized carbons (Fsp3) is 0.450. The first-order valence-corrected chi connectivity index (χ1v) is 9.80. The van der Waals surface area contributed by atoms with Gasteiger partial charge in [0.25, 0.3) is 11.8 Å². The molecular formula is C20H24N6O2. The molecule has 1 amide bonds. The van der Waals surface area contributed by atoms with Crippen molar-refractivity contribution in [2.75, 3.05) is 0 Å². The third-order valence-electron chi connectivity index (χ3n) is 5.10. The van der Waals surface area contributed by atoms with E-state index in [9.17, 15) is 4.79 Å². The molecule has 146 valence electrons. The SMILES string of the molecule is CCCc1noc(-c2ccc(-n3ncc(C(=O)NC4CCCC4)c3C)nc2)n1. The zero-order chi connectivity index (χ0) is 19.5. The molecule has 1 fully saturated rings. The third-order valence-corrected chi connectivity index (χ3v) is 5.10. The second kappa shape index (κ2) is 7.92. The second-order valence-corrected chi connectivity index (χ2v) is 7.18. The summed E-state index contributed by atoms with van der Waals surface area (Å²) < 4.78 is 6.97. The van der Waals surface area contributed by atoms with Gasteiger partial charge in [-0.25, -0.2) is 9.67 Å². The molecule has 1 saturated carbocycles. The van der Waals surface area contributed by atoms with E-state index in [1.165, 1.54) is 12.8 Å². The Balaban J connectivity index is 1.51. The number of nitrogens with zero attached hydrogens (tertiary/aromatic N) is 5. The van der Waals surface area contributed by atoms with Gasteiger partial charge in [0.05, 0.1) is 23.0 Å². The minimum absolute atomic E-state index is 0.0680. The Labute approximate surface area is 163 Å².